The average molecular weight is 300 g/mol. The van der Waals surface area contributed by atoms with E-state index in [1.807, 2.05) is 0 Å². The van der Waals surface area contributed by atoms with Crippen molar-refractivity contribution >= 4 is 11.9 Å². The lowest BCUT2D eigenvalue weighted by Gasteiger charge is -2.27. The molecule has 0 N–H and O–H groups in total. The molecular weight excluding hydrogens is 272 g/mol. The van der Waals surface area contributed by atoms with Gasteiger partial charge in [0.2, 0.25) is 0 Å². The van der Waals surface area contributed by atoms with Crippen LogP contribution in [0.4, 0.5) is 0 Å². The molecule has 4 atom stereocenters. The molecule has 0 aromatic rings. The van der Waals surface area contributed by atoms with Gasteiger partial charge in [-0.15, -0.1) is 0 Å². The number of esters is 2. The van der Waals surface area contributed by atoms with E-state index in [1.54, 1.807) is 0 Å². The Kier molecular flexibility index (Phi) is 7.72. The van der Waals surface area contributed by atoms with Crippen LogP contribution in [0, 0.1) is 17.8 Å². The number of carbonyl (C=O) groups is 2. The summed E-state index contributed by atoms with van der Waals surface area (Å²) in [7, 11) is 1.47. The van der Waals surface area contributed by atoms with Crippen LogP contribution in [-0.4, -0.2) is 31.9 Å². The van der Waals surface area contributed by atoms with Gasteiger partial charge in [-0.1, -0.05) is 26.7 Å². The molecule has 5 nitrogen and oxygen atoms in total. The first-order chi connectivity index (χ1) is 10.0. The van der Waals surface area contributed by atoms with E-state index in [0.29, 0.717) is 11.8 Å². The van der Waals surface area contributed by atoms with E-state index in [4.69, 9.17) is 14.2 Å². The summed E-state index contributed by atoms with van der Waals surface area (Å²) >= 11 is 0. The lowest BCUT2D eigenvalue weighted by molar-refractivity contribution is -0.163. The van der Waals surface area contributed by atoms with Crippen molar-refractivity contribution in [1.29, 1.82) is 0 Å². The Hall–Kier alpha value is -1.10. The number of hydrogen-bond acceptors (Lipinski definition) is 5. The molecule has 0 aliphatic heterocycles. The number of methoxy groups -OCH3 is 1. The lowest BCUT2D eigenvalue weighted by atomic mass is 9.87. The highest BCUT2D eigenvalue weighted by molar-refractivity contribution is 5.71. The smallest absolute Gasteiger partial charge is 0.311 e. The van der Waals surface area contributed by atoms with E-state index >= 15 is 0 Å². The van der Waals surface area contributed by atoms with Crippen molar-refractivity contribution in [3.63, 3.8) is 0 Å². The van der Waals surface area contributed by atoms with Gasteiger partial charge in [0, 0.05) is 14.0 Å². The van der Waals surface area contributed by atoms with Crippen molar-refractivity contribution in [3.05, 3.63) is 0 Å². The molecular formula is C16H28O5. The first-order valence-corrected chi connectivity index (χ1v) is 7.83. The number of ether oxygens (including phenoxy) is 3. The highest BCUT2D eigenvalue weighted by Gasteiger charge is 2.39. The molecule has 5 heteroatoms. The van der Waals surface area contributed by atoms with Crippen LogP contribution in [0.3, 0.4) is 0 Å². The van der Waals surface area contributed by atoms with E-state index < -0.39 is 0 Å². The quantitative estimate of drug-likeness (QED) is 0.509. The fourth-order valence-electron chi connectivity index (χ4n) is 3.38. The Morgan fingerprint density at radius 2 is 1.90 bits per heavy atom. The topological polar surface area (TPSA) is 61.8 Å². The molecule has 122 valence electrons. The van der Waals surface area contributed by atoms with Gasteiger partial charge in [-0.3, -0.25) is 9.59 Å². The fraction of sp³-hybridized carbons (Fsp3) is 0.875. The maximum atomic E-state index is 11.8. The van der Waals surface area contributed by atoms with Crippen LogP contribution in [0.15, 0.2) is 0 Å². The second-order valence-corrected chi connectivity index (χ2v) is 5.85. The first-order valence-electron chi connectivity index (χ1n) is 7.83. The summed E-state index contributed by atoms with van der Waals surface area (Å²) in [5, 5.41) is 0. The Labute approximate surface area is 127 Å². The number of rotatable bonds is 8. The van der Waals surface area contributed by atoms with Crippen LogP contribution in [-0.2, 0) is 23.8 Å². The third kappa shape index (κ3) is 5.65. The molecule has 0 amide bonds. The molecule has 0 spiro atoms. The summed E-state index contributed by atoms with van der Waals surface area (Å²) in [5.74, 6) is 0.703. The molecule has 0 bridgehead atoms. The molecule has 0 aromatic carbocycles. The van der Waals surface area contributed by atoms with E-state index in [-0.39, 0.29) is 37.2 Å². The number of carbonyl (C=O) groups excluding carboxylic acids is 2. The summed E-state index contributed by atoms with van der Waals surface area (Å²) in [4.78, 5) is 23.2. The minimum absolute atomic E-state index is 0.0644. The van der Waals surface area contributed by atoms with Gasteiger partial charge in [0.05, 0.1) is 6.42 Å². The van der Waals surface area contributed by atoms with Gasteiger partial charge in [0.1, 0.15) is 6.10 Å². The normalized spacial score (nSPS) is 26.4. The largest absolute Gasteiger partial charge is 0.462 e. The Morgan fingerprint density at radius 1 is 1.19 bits per heavy atom. The zero-order valence-corrected chi connectivity index (χ0v) is 13.6. The molecule has 1 saturated carbocycles. The van der Waals surface area contributed by atoms with Gasteiger partial charge in [-0.05, 0) is 30.6 Å². The SMILES string of the molecule is CCC1CC(CC)C(C(CC(=O)OCOC)OC(C)=O)C1. The van der Waals surface area contributed by atoms with Gasteiger partial charge in [0.25, 0.3) is 0 Å². The second-order valence-electron chi connectivity index (χ2n) is 5.85. The molecule has 4 unspecified atom stereocenters. The predicted octanol–water partition coefficient (Wildman–Crippen LogP) is 2.92. The maximum Gasteiger partial charge on any atom is 0.311 e. The van der Waals surface area contributed by atoms with Crippen molar-refractivity contribution in [3.8, 4) is 0 Å². The summed E-state index contributed by atoms with van der Waals surface area (Å²) in [6.45, 7) is 5.67. The van der Waals surface area contributed by atoms with Crippen LogP contribution in [0.2, 0.25) is 0 Å². The van der Waals surface area contributed by atoms with E-state index in [9.17, 15) is 9.59 Å². The molecule has 0 aromatic heterocycles. The van der Waals surface area contributed by atoms with Crippen molar-refractivity contribution < 1.29 is 23.8 Å². The first kappa shape index (κ1) is 18.0. The van der Waals surface area contributed by atoms with Gasteiger partial charge >= 0.3 is 11.9 Å². The van der Waals surface area contributed by atoms with Crippen molar-refractivity contribution in [1.82, 2.24) is 0 Å². The van der Waals surface area contributed by atoms with Crippen LogP contribution < -0.4 is 0 Å². The molecule has 0 saturated heterocycles. The Balaban J connectivity index is 2.71. The Bertz CT molecular complexity index is 342. The van der Waals surface area contributed by atoms with E-state index in [2.05, 4.69) is 13.8 Å². The fourth-order valence-corrected chi connectivity index (χ4v) is 3.38. The molecule has 1 aliphatic carbocycles. The number of hydrogen-bond donors (Lipinski definition) is 0. The summed E-state index contributed by atoms with van der Waals surface area (Å²) in [6.07, 6.45) is 4.08. The molecule has 21 heavy (non-hydrogen) atoms. The van der Waals surface area contributed by atoms with Crippen LogP contribution in [0.1, 0.15) is 52.9 Å². The van der Waals surface area contributed by atoms with Gasteiger partial charge in [-0.25, -0.2) is 0 Å². The minimum Gasteiger partial charge on any atom is -0.462 e. The molecule has 0 radical (unpaired) electrons. The van der Waals surface area contributed by atoms with E-state index in [1.165, 1.54) is 14.0 Å². The standard InChI is InChI=1S/C16H28O5/c1-5-12-7-13(6-2)14(8-12)15(21-11(3)17)9-16(18)20-10-19-4/h12-15H,5-10H2,1-4H3. The van der Waals surface area contributed by atoms with Gasteiger partial charge in [0.15, 0.2) is 6.79 Å². The molecule has 1 fully saturated rings. The van der Waals surface area contributed by atoms with Crippen LogP contribution in [0.5, 0.6) is 0 Å². The summed E-state index contributed by atoms with van der Waals surface area (Å²) in [6, 6.07) is 0. The van der Waals surface area contributed by atoms with Gasteiger partial charge < -0.3 is 14.2 Å². The van der Waals surface area contributed by atoms with Crippen molar-refractivity contribution in [2.75, 3.05) is 13.9 Å². The zero-order valence-electron chi connectivity index (χ0n) is 13.6. The minimum atomic E-state index is -0.381. The lowest BCUT2D eigenvalue weighted by Crippen LogP contribution is -2.31. The molecule has 1 rings (SSSR count). The second kappa shape index (κ2) is 9.03. The van der Waals surface area contributed by atoms with Gasteiger partial charge in [-0.2, -0.15) is 0 Å². The zero-order chi connectivity index (χ0) is 15.8. The van der Waals surface area contributed by atoms with E-state index in [0.717, 1.165) is 25.7 Å². The van der Waals surface area contributed by atoms with Crippen molar-refractivity contribution in [2.45, 2.75) is 59.0 Å². The molecule has 0 heterocycles. The summed E-state index contributed by atoms with van der Waals surface area (Å²) in [5.41, 5.74) is 0. The van der Waals surface area contributed by atoms with Crippen LogP contribution >= 0.6 is 0 Å². The monoisotopic (exact) mass is 300 g/mol. The maximum absolute atomic E-state index is 11.8. The Morgan fingerprint density at radius 3 is 2.43 bits per heavy atom. The predicted molar refractivity (Wildman–Crippen MR) is 78.4 cm³/mol. The summed E-state index contributed by atoms with van der Waals surface area (Å²) < 4.78 is 15.1. The highest BCUT2D eigenvalue weighted by atomic mass is 16.7. The van der Waals surface area contributed by atoms with Crippen LogP contribution in [0.25, 0.3) is 0 Å². The third-order valence-corrected chi connectivity index (χ3v) is 4.45. The van der Waals surface area contributed by atoms with Crippen molar-refractivity contribution in [2.24, 2.45) is 17.8 Å². The third-order valence-electron chi connectivity index (χ3n) is 4.45. The average Bonchev–Trinajstić information content (AvgIpc) is 2.87. The molecule has 1 aliphatic rings. The highest BCUT2D eigenvalue weighted by Crippen LogP contribution is 2.43.